The van der Waals surface area contributed by atoms with E-state index in [0.29, 0.717) is 5.69 Å². The number of nitrogens with zero attached hydrogens (tertiary/aromatic N) is 1. The van der Waals surface area contributed by atoms with Gasteiger partial charge in [-0.1, -0.05) is 0 Å². The van der Waals surface area contributed by atoms with E-state index in [9.17, 15) is 14.7 Å². The Balaban J connectivity index is 3.22. The highest BCUT2D eigenvalue weighted by Crippen LogP contribution is 2.23. The molecule has 1 aromatic rings. The van der Waals surface area contributed by atoms with Gasteiger partial charge in [0.15, 0.2) is 0 Å². The molecule has 0 saturated heterocycles. The molecule has 0 atom stereocenters. The second-order valence-corrected chi connectivity index (χ2v) is 3.23. The van der Waals surface area contributed by atoms with Crippen LogP contribution in [0.4, 0.5) is 5.69 Å². The molecule has 0 aliphatic rings. The number of anilines is 1. The molecule has 0 aromatic heterocycles. The molecule has 0 radical (unpaired) electrons. The van der Waals surface area contributed by atoms with Crippen molar-refractivity contribution in [3.8, 4) is 5.75 Å². The van der Waals surface area contributed by atoms with Crippen molar-refractivity contribution in [2.45, 2.75) is 0 Å². The maximum atomic E-state index is 11.2. The average molecular weight is 209 g/mol. The van der Waals surface area contributed by atoms with Crippen LogP contribution in [-0.4, -0.2) is 36.1 Å². The lowest BCUT2D eigenvalue weighted by Crippen LogP contribution is -2.15. The van der Waals surface area contributed by atoms with Gasteiger partial charge in [-0.3, -0.25) is 4.79 Å². The average Bonchev–Trinajstić information content (AvgIpc) is 2.16. The number of phenols is 1. The largest absolute Gasteiger partial charge is 0.507 e. The Labute approximate surface area is 86.6 Å². The van der Waals surface area contributed by atoms with E-state index in [1.54, 1.807) is 25.1 Å². The number of aromatic hydroxyl groups is 1. The van der Waals surface area contributed by atoms with Gasteiger partial charge in [0.1, 0.15) is 5.75 Å². The summed E-state index contributed by atoms with van der Waals surface area (Å²) in [6, 6.07) is 4.23. The number of ketones is 1. The lowest BCUT2D eigenvalue weighted by atomic mass is 10.1. The number of aliphatic carboxylic acids is 1. The summed E-state index contributed by atoms with van der Waals surface area (Å²) < 4.78 is 0. The summed E-state index contributed by atoms with van der Waals surface area (Å²) >= 11 is 0. The first kappa shape index (κ1) is 11.0. The topological polar surface area (TPSA) is 77.8 Å². The summed E-state index contributed by atoms with van der Waals surface area (Å²) in [7, 11) is 3.50. The van der Waals surface area contributed by atoms with Gasteiger partial charge in [-0.2, -0.15) is 0 Å². The quantitative estimate of drug-likeness (QED) is 0.566. The van der Waals surface area contributed by atoms with Gasteiger partial charge < -0.3 is 15.1 Å². The van der Waals surface area contributed by atoms with Crippen LogP contribution in [0, 0.1) is 0 Å². The molecule has 0 bridgehead atoms. The third kappa shape index (κ3) is 2.25. The van der Waals surface area contributed by atoms with Crippen LogP contribution in [0.25, 0.3) is 0 Å². The molecule has 2 N–H and O–H groups in total. The number of Topliss-reactive ketones (excluding diaryl/α,β-unsaturated/α-hetero) is 1. The number of carboxylic acids is 1. The van der Waals surface area contributed by atoms with Crippen LogP contribution in [0.1, 0.15) is 10.4 Å². The molecular weight excluding hydrogens is 198 g/mol. The van der Waals surface area contributed by atoms with Crippen LogP contribution in [0.2, 0.25) is 0 Å². The van der Waals surface area contributed by atoms with Gasteiger partial charge in [-0.25, -0.2) is 4.79 Å². The number of carbonyl (C=O) groups excluding carboxylic acids is 1. The van der Waals surface area contributed by atoms with Crippen molar-refractivity contribution in [1.29, 1.82) is 0 Å². The number of carboxylic acid groups (broad SMARTS) is 1. The van der Waals surface area contributed by atoms with E-state index in [1.807, 2.05) is 0 Å². The van der Waals surface area contributed by atoms with E-state index in [-0.39, 0.29) is 11.3 Å². The van der Waals surface area contributed by atoms with E-state index in [1.165, 1.54) is 12.1 Å². The molecule has 0 unspecified atom stereocenters. The summed E-state index contributed by atoms with van der Waals surface area (Å²) in [6.07, 6.45) is 0. The van der Waals surface area contributed by atoms with E-state index >= 15 is 0 Å². The Morgan fingerprint density at radius 3 is 2.33 bits per heavy atom. The minimum absolute atomic E-state index is 0.200. The smallest absolute Gasteiger partial charge is 0.377 e. The molecule has 15 heavy (non-hydrogen) atoms. The molecule has 0 saturated carbocycles. The molecule has 0 aliphatic carbocycles. The molecule has 0 spiro atoms. The van der Waals surface area contributed by atoms with Crippen molar-refractivity contribution in [1.82, 2.24) is 0 Å². The van der Waals surface area contributed by atoms with Crippen LogP contribution in [0.3, 0.4) is 0 Å². The molecule has 0 amide bonds. The van der Waals surface area contributed by atoms with Crippen LogP contribution in [0.5, 0.6) is 5.75 Å². The van der Waals surface area contributed by atoms with Gasteiger partial charge in [0.2, 0.25) is 0 Å². The van der Waals surface area contributed by atoms with Gasteiger partial charge in [0.25, 0.3) is 5.78 Å². The standard InChI is InChI=1S/C10H11NO4/c1-11(2)6-3-4-8(12)7(5-6)9(13)10(14)15/h3-5,12H,1-2H3,(H,14,15). The van der Waals surface area contributed by atoms with Crippen LogP contribution < -0.4 is 4.90 Å². The normalized spacial score (nSPS) is 9.73. The maximum absolute atomic E-state index is 11.2. The zero-order valence-corrected chi connectivity index (χ0v) is 8.39. The van der Waals surface area contributed by atoms with E-state index in [4.69, 9.17) is 5.11 Å². The summed E-state index contributed by atoms with van der Waals surface area (Å²) in [5.74, 6) is -3.02. The Morgan fingerprint density at radius 2 is 1.87 bits per heavy atom. The Kier molecular flexibility index (Phi) is 2.94. The number of hydrogen-bond donors (Lipinski definition) is 2. The summed E-state index contributed by atoms with van der Waals surface area (Å²) in [5, 5.41) is 17.8. The van der Waals surface area contributed by atoms with Crippen molar-refractivity contribution in [3.63, 3.8) is 0 Å². The first-order valence-electron chi connectivity index (χ1n) is 4.21. The fourth-order valence-corrected chi connectivity index (χ4v) is 1.10. The minimum atomic E-state index is -1.58. The highest BCUT2D eigenvalue weighted by molar-refractivity contribution is 6.40. The predicted octanol–water partition coefficient (Wildman–Crippen LogP) is 0.725. The van der Waals surface area contributed by atoms with Crippen molar-refractivity contribution in [3.05, 3.63) is 23.8 Å². The molecule has 0 heterocycles. The Morgan fingerprint density at radius 1 is 1.27 bits per heavy atom. The molecule has 1 rings (SSSR count). The zero-order chi connectivity index (χ0) is 11.6. The van der Waals surface area contributed by atoms with Crippen molar-refractivity contribution >= 4 is 17.4 Å². The van der Waals surface area contributed by atoms with E-state index < -0.39 is 11.8 Å². The second-order valence-electron chi connectivity index (χ2n) is 3.23. The molecule has 1 aromatic carbocycles. The highest BCUT2D eigenvalue weighted by atomic mass is 16.4. The number of hydrogen-bond acceptors (Lipinski definition) is 4. The first-order valence-corrected chi connectivity index (χ1v) is 4.21. The van der Waals surface area contributed by atoms with Gasteiger partial charge in [0, 0.05) is 19.8 Å². The Hall–Kier alpha value is -2.04. The predicted molar refractivity (Wildman–Crippen MR) is 54.4 cm³/mol. The van der Waals surface area contributed by atoms with Gasteiger partial charge in [-0.15, -0.1) is 0 Å². The monoisotopic (exact) mass is 209 g/mol. The third-order valence-corrected chi connectivity index (χ3v) is 1.94. The van der Waals surface area contributed by atoms with Crippen LogP contribution in [0.15, 0.2) is 18.2 Å². The first-order chi connectivity index (χ1) is 6.93. The lowest BCUT2D eigenvalue weighted by molar-refractivity contribution is -0.131. The summed E-state index contributed by atoms with van der Waals surface area (Å²) in [6.45, 7) is 0. The highest BCUT2D eigenvalue weighted by Gasteiger charge is 2.19. The molecule has 0 fully saturated rings. The maximum Gasteiger partial charge on any atom is 0.377 e. The van der Waals surface area contributed by atoms with E-state index in [0.717, 1.165) is 0 Å². The Bertz CT molecular complexity index is 412. The van der Waals surface area contributed by atoms with Crippen molar-refractivity contribution in [2.24, 2.45) is 0 Å². The molecule has 80 valence electrons. The molecule has 0 aliphatic heterocycles. The third-order valence-electron chi connectivity index (χ3n) is 1.94. The number of carbonyl (C=O) groups is 2. The van der Waals surface area contributed by atoms with E-state index in [2.05, 4.69) is 0 Å². The fourth-order valence-electron chi connectivity index (χ4n) is 1.10. The summed E-state index contributed by atoms with van der Waals surface area (Å²) in [5.41, 5.74) is 0.450. The fraction of sp³-hybridized carbons (Fsp3) is 0.200. The van der Waals surface area contributed by atoms with Gasteiger partial charge >= 0.3 is 5.97 Å². The van der Waals surface area contributed by atoms with Gasteiger partial charge in [0.05, 0.1) is 5.56 Å². The summed E-state index contributed by atoms with van der Waals surface area (Å²) in [4.78, 5) is 23.3. The molecular formula is C10H11NO4. The second kappa shape index (κ2) is 4.00. The lowest BCUT2D eigenvalue weighted by Gasteiger charge is -2.13. The number of rotatable bonds is 3. The molecule has 5 nitrogen and oxygen atoms in total. The SMILES string of the molecule is CN(C)c1ccc(O)c(C(=O)C(=O)O)c1. The number of benzene rings is 1. The van der Waals surface area contributed by atoms with Gasteiger partial charge in [-0.05, 0) is 18.2 Å². The zero-order valence-electron chi connectivity index (χ0n) is 8.39. The van der Waals surface area contributed by atoms with Crippen molar-refractivity contribution < 1.29 is 19.8 Å². The van der Waals surface area contributed by atoms with Crippen molar-refractivity contribution in [2.75, 3.05) is 19.0 Å². The minimum Gasteiger partial charge on any atom is -0.507 e. The van der Waals surface area contributed by atoms with Crippen LogP contribution in [-0.2, 0) is 4.79 Å². The van der Waals surface area contributed by atoms with Crippen LogP contribution >= 0.6 is 0 Å². The number of phenolic OH excluding ortho intramolecular Hbond substituents is 1. The molecule has 5 heteroatoms.